The third-order valence-electron chi connectivity index (χ3n) is 7.96. The topological polar surface area (TPSA) is 95.9 Å². The second-order valence-corrected chi connectivity index (χ2v) is 10.5. The van der Waals surface area contributed by atoms with E-state index in [1.807, 2.05) is 20.0 Å². The molecule has 0 N–H and O–H groups in total. The summed E-state index contributed by atoms with van der Waals surface area (Å²) in [6.45, 7) is 12.5. The van der Waals surface area contributed by atoms with Crippen LogP contribution in [0.1, 0.15) is 65.1 Å². The van der Waals surface area contributed by atoms with Gasteiger partial charge in [0.15, 0.2) is 0 Å². The minimum atomic E-state index is -0.0324. The smallest absolute Gasteiger partial charge is 0.253 e. The van der Waals surface area contributed by atoms with Crippen molar-refractivity contribution in [2.45, 2.75) is 78.2 Å². The molecule has 0 unspecified atom stereocenters. The molecule has 9 heteroatoms. The third-order valence-corrected chi connectivity index (χ3v) is 7.96. The summed E-state index contributed by atoms with van der Waals surface area (Å²) in [6, 6.07) is 11.0. The van der Waals surface area contributed by atoms with E-state index in [0.29, 0.717) is 6.04 Å². The molecule has 3 aromatic heterocycles. The van der Waals surface area contributed by atoms with E-state index in [1.54, 1.807) is 27.7 Å². The van der Waals surface area contributed by atoms with Crippen LogP contribution in [0.25, 0.3) is 22.1 Å². The monoisotopic (exact) mass is 512 g/mol. The largest absolute Gasteiger partial charge is 0.364 e. The fraction of sp³-hybridized carbons (Fsp3) is 0.483. The van der Waals surface area contributed by atoms with Gasteiger partial charge in [0.05, 0.1) is 34.5 Å². The van der Waals surface area contributed by atoms with Crippen LogP contribution in [0, 0.1) is 11.3 Å². The van der Waals surface area contributed by atoms with Crippen LogP contribution in [-0.4, -0.2) is 54.4 Å². The fourth-order valence-electron chi connectivity index (χ4n) is 5.93. The van der Waals surface area contributed by atoms with Crippen molar-refractivity contribution in [2.24, 2.45) is 0 Å². The van der Waals surface area contributed by atoms with E-state index in [2.05, 4.69) is 64.8 Å². The summed E-state index contributed by atoms with van der Waals surface area (Å²) in [4.78, 5) is 27.3. The highest BCUT2D eigenvalue weighted by molar-refractivity contribution is 5.88. The van der Waals surface area contributed by atoms with Gasteiger partial charge >= 0.3 is 0 Å². The molecule has 0 radical (unpaired) electrons. The lowest BCUT2D eigenvalue weighted by molar-refractivity contribution is 0.101. The Kier molecular flexibility index (Phi) is 7.17. The normalized spacial score (nSPS) is 19.3. The maximum atomic E-state index is 13.3. The first-order valence-corrected chi connectivity index (χ1v) is 13.6. The van der Waals surface area contributed by atoms with Crippen LogP contribution in [0.5, 0.6) is 0 Å². The van der Waals surface area contributed by atoms with Gasteiger partial charge in [0.2, 0.25) is 0 Å². The second kappa shape index (κ2) is 10.5. The Morgan fingerprint density at radius 2 is 1.76 bits per heavy atom. The minimum Gasteiger partial charge on any atom is -0.364 e. The maximum absolute atomic E-state index is 13.3. The molecule has 4 aromatic rings. The van der Waals surface area contributed by atoms with Gasteiger partial charge < -0.3 is 9.47 Å². The predicted molar refractivity (Wildman–Crippen MR) is 150 cm³/mol. The first-order chi connectivity index (χ1) is 18.4. The number of hydrogen-bond acceptors (Lipinski definition) is 7. The number of fused-ring (bicyclic) bond motifs is 2. The minimum absolute atomic E-state index is 0.00603. The average molecular weight is 513 g/mol. The molecule has 1 fully saturated rings. The summed E-state index contributed by atoms with van der Waals surface area (Å²) in [7, 11) is 0. The highest BCUT2D eigenvalue weighted by Gasteiger charge is 2.36. The van der Waals surface area contributed by atoms with Crippen molar-refractivity contribution >= 4 is 27.8 Å². The molecule has 1 aliphatic heterocycles. The van der Waals surface area contributed by atoms with Crippen LogP contribution >= 0.6 is 0 Å². The van der Waals surface area contributed by atoms with Gasteiger partial charge in [0.25, 0.3) is 5.56 Å². The van der Waals surface area contributed by atoms with Crippen molar-refractivity contribution in [3.63, 3.8) is 0 Å². The summed E-state index contributed by atoms with van der Waals surface area (Å²) in [5, 5.41) is 14.1. The van der Waals surface area contributed by atoms with E-state index >= 15 is 0 Å². The Bertz CT molecular complexity index is 1550. The molecule has 1 aromatic carbocycles. The molecule has 9 nitrogen and oxygen atoms in total. The van der Waals surface area contributed by atoms with Crippen LogP contribution in [-0.2, 0) is 6.54 Å². The summed E-state index contributed by atoms with van der Waals surface area (Å²) in [5.74, 6) is 0. The number of piperazine rings is 1. The molecule has 0 bridgehead atoms. The molecular weight excluding hydrogens is 476 g/mol. The number of pyridine rings is 1. The quantitative estimate of drug-likeness (QED) is 0.355. The van der Waals surface area contributed by atoms with Gasteiger partial charge in [-0.2, -0.15) is 10.4 Å². The Labute approximate surface area is 223 Å². The lowest BCUT2D eigenvalue weighted by atomic mass is 9.96. The van der Waals surface area contributed by atoms with Crippen molar-refractivity contribution in [3.05, 3.63) is 58.8 Å². The van der Waals surface area contributed by atoms with Gasteiger partial charge in [-0.3, -0.25) is 24.3 Å². The van der Waals surface area contributed by atoms with Gasteiger partial charge in [0.1, 0.15) is 12.1 Å². The lowest BCUT2D eigenvalue weighted by Crippen LogP contribution is -2.58. The predicted octanol–water partition coefficient (Wildman–Crippen LogP) is 4.69. The van der Waals surface area contributed by atoms with Crippen molar-refractivity contribution in [2.75, 3.05) is 18.0 Å². The maximum Gasteiger partial charge on any atom is 0.253 e. The van der Waals surface area contributed by atoms with Gasteiger partial charge in [-0.1, -0.05) is 19.9 Å². The second-order valence-electron chi connectivity index (χ2n) is 10.5. The van der Waals surface area contributed by atoms with E-state index in [0.717, 1.165) is 53.7 Å². The van der Waals surface area contributed by atoms with Gasteiger partial charge in [0, 0.05) is 55.7 Å². The van der Waals surface area contributed by atoms with Crippen LogP contribution in [0.4, 0.5) is 5.69 Å². The molecule has 1 aliphatic rings. The highest BCUT2D eigenvalue weighted by atomic mass is 16.1. The molecule has 0 spiro atoms. The average Bonchev–Trinajstić information content (AvgIpc) is 3.34. The van der Waals surface area contributed by atoms with E-state index in [-0.39, 0.29) is 30.2 Å². The summed E-state index contributed by atoms with van der Waals surface area (Å²) < 4.78 is 3.42. The van der Waals surface area contributed by atoms with Crippen molar-refractivity contribution < 1.29 is 0 Å². The number of benzene rings is 1. The Morgan fingerprint density at radius 3 is 2.45 bits per heavy atom. The number of hydrogen-bond donors (Lipinski definition) is 0. The standard InChI is InChI=1S/C29H36N8O/c1-6-22-17-36(26-15-28(38)37(19(3)4)27-18-34(13-10-30)33-29(26)27)23(7-2)16-35(22)20(5)21-8-9-24-25(14-21)32-12-11-31-24/h8-9,11-12,14-15,18-20,22-23H,6-7,13,16-17H2,1-5H3/t20-,22-,23+/m1/s1. The SMILES string of the molecule is CC[C@H]1CN([C@H](C)c2ccc3nccnc3c2)[C@H](CC)CN1c1cc(=O)n(C(C)C)c2cn(CC#N)nc12. The first-order valence-electron chi connectivity index (χ1n) is 13.6. The van der Waals surface area contributed by atoms with Crippen LogP contribution in [0.2, 0.25) is 0 Å². The number of aromatic nitrogens is 5. The Balaban J connectivity index is 1.53. The van der Waals surface area contributed by atoms with Crippen molar-refractivity contribution in [3.8, 4) is 6.07 Å². The van der Waals surface area contributed by atoms with Crippen LogP contribution < -0.4 is 10.5 Å². The zero-order valence-corrected chi connectivity index (χ0v) is 22.9. The van der Waals surface area contributed by atoms with Gasteiger partial charge in [-0.15, -0.1) is 0 Å². The van der Waals surface area contributed by atoms with Crippen molar-refractivity contribution in [1.82, 2.24) is 29.2 Å². The lowest BCUT2D eigenvalue weighted by Gasteiger charge is -2.49. The number of anilines is 1. The molecule has 4 heterocycles. The molecule has 1 saturated heterocycles. The fourth-order valence-corrected chi connectivity index (χ4v) is 5.93. The summed E-state index contributed by atoms with van der Waals surface area (Å²) in [6.07, 6.45) is 7.23. The molecule has 38 heavy (non-hydrogen) atoms. The Morgan fingerprint density at radius 1 is 1.03 bits per heavy atom. The Hall–Kier alpha value is -3.77. The summed E-state index contributed by atoms with van der Waals surface area (Å²) in [5.41, 5.74) is 5.47. The van der Waals surface area contributed by atoms with E-state index in [1.165, 1.54) is 5.56 Å². The third kappa shape index (κ3) is 4.54. The van der Waals surface area contributed by atoms with Gasteiger partial charge in [-0.05, 0) is 51.3 Å². The highest BCUT2D eigenvalue weighted by Crippen LogP contribution is 2.35. The van der Waals surface area contributed by atoms with Crippen LogP contribution in [0.15, 0.2) is 47.7 Å². The van der Waals surface area contributed by atoms with Crippen molar-refractivity contribution in [1.29, 1.82) is 5.26 Å². The molecule has 198 valence electrons. The van der Waals surface area contributed by atoms with Gasteiger partial charge in [-0.25, -0.2) is 0 Å². The molecular formula is C29H36N8O. The number of nitrogens with zero attached hydrogens (tertiary/aromatic N) is 8. The molecule has 0 saturated carbocycles. The molecule has 5 rings (SSSR count). The molecule has 0 aliphatic carbocycles. The van der Waals surface area contributed by atoms with Crippen LogP contribution in [0.3, 0.4) is 0 Å². The first kappa shape index (κ1) is 25.9. The van der Waals surface area contributed by atoms with E-state index in [9.17, 15) is 10.1 Å². The number of rotatable bonds is 7. The zero-order chi connectivity index (χ0) is 27.0. The summed E-state index contributed by atoms with van der Waals surface area (Å²) >= 11 is 0. The van der Waals surface area contributed by atoms with E-state index < -0.39 is 0 Å². The molecule has 3 atom stereocenters. The van der Waals surface area contributed by atoms with E-state index in [4.69, 9.17) is 5.10 Å². The molecule has 0 amide bonds. The number of nitriles is 1. The zero-order valence-electron chi connectivity index (χ0n) is 22.9.